The first-order valence-corrected chi connectivity index (χ1v) is 4.76. The number of hydrogen-bond acceptors (Lipinski definition) is 3. The van der Waals surface area contributed by atoms with Gasteiger partial charge in [-0.2, -0.15) is 5.26 Å². The highest BCUT2D eigenvalue weighted by Gasteiger charge is 2.06. The van der Waals surface area contributed by atoms with Crippen LogP contribution in [-0.2, 0) is 11.8 Å². The summed E-state index contributed by atoms with van der Waals surface area (Å²) in [7, 11) is 1.93. The second-order valence-corrected chi connectivity index (χ2v) is 3.49. The number of carbonyl (C=O) groups is 1. The van der Waals surface area contributed by atoms with Gasteiger partial charge in [0.1, 0.15) is 5.82 Å². The number of aryl methyl sites for hydroxylation is 2. The number of nitrogens with zero attached hydrogens (tertiary/aromatic N) is 3. The Morgan fingerprint density at radius 2 is 2.31 bits per heavy atom. The molecule has 1 N–H and O–H groups in total. The zero-order chi connectivity index (χ0) is 11.7. The third-order valence-corrected chi connectivity index (χ3v) is 2.46. The molecule has 1 heterocycles. The SMILES string of the molecule is Cc1nc2cc(NC(=O)C#N)ccc2n1C. The fourth-order valence-electron chi connectivity index (χ4n) is 1.56. The van der Waals surface area contributed by atoms with Crippen molar-refractivity contribution in [2.45, 2.75) is 6.92 Å². The van der Waals surface area contributed by atoms with Crippen molar-refractivity contribution < 1.29 is 4.79 Å². The molecule has 2 aromatic rings. The quantitative estimate of drug-likeness (QED) is 0.728. The molecule has 0 spiro atoms. The molecule has 0 saturated carbocycles. The van der Waals surface area contributed by atoms with E-state index >= 15 is 0 Å². The third kappa shape index (κ3) is 1.61. The van der Waals surface area contributed by atoms with Gasteiger partial charge in [-0.15, -0.1) is 0 Å². The van der Waals surface area contributed by atoms with Gasteiger partial charge in [0, 0.05) is 12.7 Å². The van der Waals surface area contributed by atoms with Crippen LogP contribution >= 0.6 is 0 Å². The first-order valence-electron chi connectivity index (χ1n) is 4.76. The summed E-state index contributed by atoms with van der Waals surface area (Å²) in [6, 6.07) is 6.86. The van der Waals surface area contributed by atoms with Gasteiger partial charge in [-0.25, -0.2) is 4.98 Å². The molecule has 2 rings (SSSR count). The average molecular weight is 214 g/mol. The van der Waals surface area contributed by atoms with E-state index in [4.69, 9.17) is 5.26 Å². The summed E-state index contributed by atoms with van der Waals surface area (Å²) in [5.74, 6) is 0.228. The van der Waals surface area contributed by atoms with Crippen molar-refractivity contribution in [1.82, 2.24) is 9.55 Å². The maximum Gasteiger partial charge on any atom is 0.326 e. The van der Waals surface area contributed by atoms with Crippen LogP contribution in [0.5, 0.6) is 0 Å². The van der Waals surface area contributed by atoms with Crippen LogP contribution in [0.3, 0.4) is 0 Å². The molecular weight excluding hydrogens is 204 g/mol. The topological polar surface area (TPSA) is 70.7 Å². The lowest BCUT2D eigenvalue weighted by Crippen LogP contribution is -2.07. The summed E-state index contributed by atoms with van der Waals surface area (Å²) >= 11 is 0. The summed E-state index contributed by atoms with van der Waals surface area (Å²) in [6.45, 7) is 1.91. The largest absolute Gasteiger partial charge is 0.331 e. The molecule has 0 bridgehead atoms. The molecule has 0 saturated heterocycles. The van der Waals surface area contributed by atoms with Crippen molar-refractivity contribution in [3.8, 4) is 6.07 Å². The number of nitriles is 1. The molecule has 0 unspecified atom stereocenters. The lowest BCUT2D eigenvalue weighted by Gasteiger charge is -2.00. The molecule has 16 heavy (non-hydrogen) atoms. The van der Waals surface area contributed by atoms with Crippen molar-refractivity contribution in [1.29, 1.82) is 5.26 Å². The fourth-order valence-corrected chi connectivity index (χ4v) is 1.56. The van der Waals surface area contributed by atoms with Crippen molar-refractivity contribution in [2.75, 3.05) is 5.32 Å². The van der Waals surface area contributed by atoms with Crippen LogP contribution in [0.1, 0.15) is 5.82 Å². The number of benzene rings is 1. The molecule has 0 fully saturated rings. The second-order valence-electron chi connectivity index (χ2n) is 3.49. The predicted octanol–water partition coefficient (Wildman–Crippen LogP) is 1.34. The molecular formula is C11H10N4O. The van der Waals surface area contributed by atoms with Crippen molar-refractivity contribution in [2.24, 2.45) is 7.05 Å². The number of rotatable bonds is 1. The number of fused-ring (bicyclic) bond motifs is 1. The number of nitrogens with one attached hydrogen (secondary N) is 1. The second kappa shape index (κ2) is 3.66. The molecule has 5 heteroatoms. The smallest absolute Gasteiger partial charge is 0.326 e. The van der Waals surface area contributed by atoms with Crippen LogP contribution in [0.15, 0.2) is 18.2 Å². The zero-order valence-corrected chi connectivity index (χ0v) is 8.98. The van der Waals surface area contributed by atoms with Gasteiger partial charge in [-0.05, 0) is 25.1 Å². The van der Waals surface area contributed by atoms with Crippen LogP contribution in [0, 0.1) is 18.3 Å². The lowest BCUT2D eigenvalue weighted by molar-refractivity contribution is -0.111. The first-order chi connectivity index (χ1) is 7.61. The van der Waals surface area contributed by atoms with E-state index < -0.39 is 5.91 Å². The van der Waals surface area contributed by atoms with E-state index in [1.807, 2.05) is 24.6 Å². The maximum atomic E-state index is 10.9. The number of amides is 1. The fraction of sp³-hybridized carbons (Fsp3) is 0.182. The molecule has 0 atom stereocenters. The van der Waals surface area contributed by atoms with Gasteiger partial charge in [0.05, 0.1) is 11.0 Å². The van der Waals surface area contributed by atoms with E-state index in [9.17, 15) is 4.79 Å². The van der Waals surface area contributed by atoms with E-state index in [0.29, 0.717) is 5.69 Å². The van der Waals surface area contributed by atoms with Gasteiger partial charge < -0.3 is 9.88 Å². The highest BCUT2D eigenvalue weighted by Crippen LogP contribution is 2.19. The number of imidazole rings is 1. The predicted molar refractivity (Wildman–Crippen MR) is 59.7 cm³/mol. The summed E-state index contributed by atoms with van der Waals surface area (Å²) in [5.41, 5.74) is 2.38. The van der Waals surface area contributed by atoms with E-state index in [2.05, 4.69) is 10.3 Å². The molecule has 1 aromatic carbocycles. The minimum atomic E-state index is -0.674. The monoisotopic (exact) mass is 214 g/mol. The van der Waals surface area contributed by atoms with Crippen LogP contribution in [0.4, 0.5) is 5.69 Å². The number of aromatic nitrogens is 2. The van der Waals surface area contributed by atoms with Gasteiger partial charge in [-0.1, -0.05) is 0 Å². The standard InChI is InChI=1S/C11H10N4O/c1-7-13-9-5-8(14-11(16)6-12)3-4-10(9)15(7)2/h3-5H,1-2H3,(H,14,16). The molecule has 5 nitrogen and oxygen atoms in total. The van der Waals surface area contributed by atoms with Crippen LogP contribution in [-0.4, -0.2) is 15.5 Å². The van der Waals surface area contributed by atoms with E-state index in [1.165, 1.54) is 6.07 Å². The van der Waals surface area contributed by atoms with Gasteiger partial charge in [0.2, 0.25) is 0 Å². The third-order valence-electron chi connectivity index (χ3n) is 2.46. The van der Waals surface area contributed by atoms with Gasteiger partial charge in [0.15, 0.2) is 6.07 Å². The van der Waals surface area contributed by atoms with Gasteiger partial charge >= 0.3 is 5.91 Å². The number of hydrogen-bond donors (Lipinski definition) is 1. The van der Waals surface area contributed by atoms with E-state index in [1.54, 1.807) is 12.1 Å². The summed E-state index contributed by atoms with van der Waals surface area (Å²) in [4.78, 5) is 15.2. The van der Waals surface area contributed by atoms with E-state index in [0.717, 1.165) is 16.9 Å². The van der Waals surface area contributed by atoms with Crippen molar-refractivity contribution >= 4 is 22.6 Å². The number of carbonyl (C=O) groups excluding carboxylic acids is 1. The Morgan fingerprint density at radius 1 is 1.56 bits per heavy atom. The molecule has 1 aromatic heterocycles. The van der Waals surface area contributed by atoms with Crippen molar-refractivity contribution in [3.05, 3.63) is 24.0 Å². The summed E-state index contributed by atoms with van der Waals surface area (Å²) in [6.07, 6.45) is 0. The lowest BCUT2D eigenvalue weighted by atomic mass is 10.2. The van der Waals surface area contributed by atoms with Crippen LogP contribution < -0.4 is 5.32 Å². The Balaban J connectivity index is 2.45. The minimum absolute atomic E-state index is 0.581. The summed E-state index contributed by atoms with van der Waals surface area (Å²) in [5, 5.41) is 10.8. The number of anilines is 1. The Kier molecular flexibility index (Phi) is 2.33. The Bertz CT molecular complexity index is 606. The summed E-state index contributed by atoms with van der Waals surface area (Å²) < 4.78 is 1.96. The molecule has 0 aliphatic rings. The van der Waals surface area contributed by atoms with Gasteiger partial charge in [0.25, 0.3) is 0 Å². The van der Waals surface area contributed by atoms with Crippen LogP contribution in [0.2, 0.25) is 0 Å². The van der Waals surface area contributed by atoms with Crippen LogP contribution in [0.25, 0.3) is 11.0 Å². The molecule has 80 valence electrons. The zero-order valence-electron chi connectivity index (χ0n) is 8.98. The maximum absolute atomic E-state index is 10.9. The first kappa shape index (κ1) is 10.2. The van der Waals surface area contributed by atoms with Crippen molar-refractivity contribution in [3.63, 3.8) is 0 Å². The Hall–Kier alpha value is -2.35. The van der Waals surface area contributed by atoms with Gasteiger partial charge in [-0.3, -0.25) is 4.79 Å². The molecule has 0 aliphatic carbocycles. The Morgan fingerprint density at radius 3 is 3.00 bits per heavy atom. The molecule has 0 aliphatic heterocycles. The normalized spacial score (nSPS) is 10.1. The highest BCUT2D eigenvalue weighted by molar-refractivity contribution is 6.03. The minimum Gasteiger partial charge on any atom is -0.331 e. The average Bonchev–Trinajstić information content (AvgIpc) is 2.54. The Labute approximate surface area is 92.3 Å². The molecule has 1 amide bonds. The highest BCUT2D eigenvalue weighted by atomic mass is 16.1. The van der Waals surface area contributed by atoms with E-state index in [-0.39, 0.29) is 0 Å². The molecule has 0 radical (unpaired) electrons.